The monoisotopic (exact) mass is 377 g/mol. The number of thiophene rings is 1. The molecular weight excluding hydrogens is 362 g/mol. The normalized spacial score (nSPS) is 14.8. The molecule has 1 aliphatic rings. The third kappa shape index (κ3) is 2.94. The number of hydrogen-bond acceptors (Lipinski definition) is 5. The molecule has 0 amide bonds. The Morgan fingerprint density at radius 2 is 2.21 bits per heavy atom. The van der Waals surface area contributed by atoms with Gasteiger partial charge in [0.05, 0.1) is 5.39 Å². The van der Waals surface area contributed by atoms with Crippen molar-refractivity contribution in [2.75, 3.05) is 11.6 Å². The topological polar surface area (TPSA) is 54.9 Å². The van der Waals surface area contributed by atoms with Crippen molar-refractivity contribution in [3.8, 4) is 0 Å². The van der Waals surface area contributed by atoms with Crippen molar-refractivity contribution in [2.24, 2.45) is 0 Å². The summed E-state index contributed by atoms with van der Waals surface area (Å²) in [6.07, 6.45) is 6.73. The van der Waals surface area contributed by atoms with E-state index >= 15 is 0 Å². The molecule has 0 fully saturated rings. The van der Waals surface area contributed by atoms with Gasteiger partial charge in [-0.15, -0.1) is 11.3 Å². The van der Waals surface area contributed by atoms with Gasteiger partial charge in [0.1, 0.15) is 17.0 Å². The van der Waals surface area contributed by atoms with E-state index in [1.165, 1.54) is 16.9 Å². The van der Waals surface area contributed by atoms with E-state index in [0.717, 1.165) is 40.1 Å². The summed E-state index contributed by atoms with van der Waals surface area (Å²) in [5.74, 6) is 1.28. The third-order valence-electron chi connectivity index (χ3n) is 4.17. The van der Waals surface area contributed by atoms with E-state index in [4.69, 9.17) is 11.6 Å². The van der Waals surface area contributed by atoms with Gasteiger partial charge in [0, 0.05) is 38.4 Å². The summed E-state index contributed by atoms with van der Waals surface area (Å²) >= 11 is 7.98. The molecule has 4 rings (SSSR count). The SMILES string of the molecule is CS(=O)Cc1cc(Nc2ncnc3sc4c(c23)CCC4)ccc1Cl. The van der Waals surface area contributed by atoms with Gasteiger partial charge in [-0.25, -0.2) is 9.97 Å². The van der Waals surface area contributed by atoms with Gasteiger partial charge in [0.25, 0.3) is 0 Å². The fourth-order valence-electron chi connectivity index (χ4n) is 3.14. The Hall–Kier alpha value is -1.50. The third-order valence-corrected chi connectivity index (χ3v) is 6.45. The van der Waals surface area contributed by atoms with Crippen molar-refractivity contribution in [2.45, 2.75) is 25.0 Å². The molecule has 1 N–H and O–H groups in total. The molecule has 1 unspecified atom stereocenters. The molecular formula is C17H16ClN3OS2. The van der Waals surface area contributed by atoms with Gasteiger partial charge in [-0.3, -0.25) is 4.21 Å². The van der Waals surface area contributed by atoms with Crippen LogP contribution in [0.2, 0.25) is 5.02 Å². The molecule has 4 nitrogen and oxygen atoms in total. The highest BCUT2D eigenvalue weighted by atomic mass is 35.5. The second kappa shape index (κ2) is 6.43. The first-order valence-corrected chi connectivity index (χ1v) is 10.6. The predicted molar refractivity (Wildman–Crippen MR) is 102 cm³/mol. The molecule has 0 aliphatic heterocycles. The van der Waals surface area contributed by atoms with Crippen molar-refractivity contribution < 1.29 is 4.21 Å². The Kier molecular flexibility index (Phi) is 4.28. The van der Waals surface area contributed by atoms with Crippen LogP contribution in [0, 0.1) is 0 Å². The summed E-state index contributed by atoms with van der Waals surface area (Å²) < 4.78 is 11.5. The second-order valence-corrected chi connectivity index (χ2v) is 8.83. The van der Waals surface area contributed by atoms with E-state index in [0.29, 0.717) is 10.8 Å². The minimum Gasteiger partial charge on any atom is -0.340 e. The van der Waals surface area contributed by atoms with Gasteiger partial charge in [-0.05, 0) is 48.6 Å². The van der Waals surface area contributed by atoms with Crippen LogP contribution in [0.4, 0.5) is 11.5 Å². The van der Waals surface area contributed by atoms with Gasteiger partial charge in [0.15, 0.2) is 0 Å². The number of rotatable bonds is 4. The minimum absolute atomic E-state index is 0.446. The van der Waals surface area contributed by atoms with Crippen LogP contribution in [0.5, 0.6) is 0 Å². The largest absolute Gasteiger partial charge is 0.340 e. The van der Waals surface area contributed by atoms with E-state index in [1.807, 2.05) is 18.2 Å². The highest BCUT2D eigenvalue weighted by molar-refractivity contribution is 7.83. The zero-order valence-corrected chi connectivity index (χ0v) is 15.5. The van der Waals surface area contributed by atoms with Crippen molar-refractivity contribution in [3.63, 3.8) is 0 Å². The first-order valence-electron chi connectivity index (χ1n) is 7.72. The molecule has 0 bridgehead atoms. The Morgan fingerprint density at radius 3 is 3.04 bits per heavy atom. The number of anilines is 2. The summed E-state index contributed by atoms with van der Waals surface area (Å²) in [5, 5.41) is 5.18. The highest BCUT2D eigenvalue weighted by Gasteiger charge is 2.21. The average molecular weight is 378 g/mol. The molecule has 1 aromatic carbocycles. The van der Waals surface area contributed by atoms with Gasteiger partial charge < -0.3 is 5.32 Å². The molecule has 3 aromatic rings. The zero-order chi connectivity index (χ0) is 16.7. The van der Waals surface area contributed by atoms with Crippen molar-refractivity contribution in [3.05, 3.63) is 45.6 Å². The molecule has 0 spiro atoms. The summed E-state index contributed by atoms with van der Waals surface area (Å²) in [6.45, 7) is 0. The lowest BCUT2D eigenvalue weighted by Crippen LogP contribution is -1.99. The molecule has 7 heteroatoms. The minimum atomic E-state index is -0.933. The van der Waals surface area contributed by atoms with Crippen molar-refractivity contribution in [1.82, 2.24) is 9.97 Å². The molecule has 24 heavy (non-hydrogen) atoms. The van der Waals surface area contributed by atoms with Crippen LogP contribution in [-0.2, 0) is 29.4 Å². The van der Waals surface area contributed by atoms with E-state index in [9.17, 15) is 4.21 Å². The standard InChI is InChI=1S/C17H16ClN3OS2/c1-24(22)8-10-7-11(5-6-13(10)18)21-16-15-12-3-2-4-14(12)23-17(15)20-9-19-16/h5-7,9H,2-4,8H2,1H3,(H,19,20,21). The smallest absolute Gasteiger partial charge is 0.142 e. The maximum absolute atomic E-state index is 11.5. The van der Waals surface area contributed by atoms with E-state index in [2.05, 4.69) is 15.3 Å². The number of halogens is 1. The lowest BCUT2D eigenvalue weighted by atomic mass is 10.1. The number of nitrogens with zero attached hydrogens (tertiary/aromatic N) is 2. The summed E-state index contributed by atoms with van der Waals surface area (Å²) in [5.41, 5.74) is 3.17. The van der Waals surface area contributed by atoms with Crippen molar-refractivity contribution >= 4 is 55.5 Å². The van der Waals surface area contributed by atoms with Gasteiger partial charge in [-0.1, -0.05) is 11.6 Å². The van der Waals surface area contributed by atoms with Crippen LogP contribution in [0.25, 0.3) is 10.2 Å². The Labute approximate surface area is 151 Å². The average Bonchev–Trinajstić information content (AvgIpc) is 3.11. The maximum atomic E-state index is 11.5. The van der Waals surface area contributed by atoms with E-state index in [1.54, 1.807) is 23.9 Å². The van der Waals surface area contributed by atoms with Gasteiger partial charge >= 0.3 is 0 Å². The Morgan fingerprint density at radius 1 is 1.33 bits per heavy atom. The molecule has 1 aliphatic carbocycles. The summed E-state index contributed by atoms with van der Waals surface area (Å²) in [4.78, 5) is 11.4. The van der Waals surface area contributed by atoms with Crippen LogP contribution in [-0.4, -0.2) is 20.4 Å². The maximum Gasteiger partial charge on any atom is 0.142 e. The first kappa shape index (κ1) is 16.0. The number of benzene rings is 1. The van der Waals surface area contributed by atoms with Crippen LogP contribution < -0.4 is 5.32 Å². The fourth-order valence-corrected chi connectivity index (χ4v) is 5.31. The molecule has 0 saturated heterocycles. The number of hydrogen-bond donors (Lipinski definition) is 1. The molecule has 0 saturated carbocycles. The fraction of sp³-hybridized carbons (Fsp3) is 0.294. The number of aryl methyl sites for hydroxylation is 2. The molecule has 2 aromatic heterocycles. The molecule has 2 heterocycles. The Bertz CT molecular complexity index is 954. The lowest BCUT2D eigenvalue weighted by molar-refractivity contribution is 0.686. The molecule has 1 atom stereocenters. The van der Waals surface area contributed by atoms with E-state index < -0.39 is 10.8 Å². The van der Waals surface area contributed by atoms with Crippen LogP contribution in [0.3, 0.4) is 0 Å². The quantitative estimate of drug-likeness (QED) is 0.729. The zero-order valence-electron chi connectivity index (χ0n) is 13.1. The van der Waals surface area contributed by atoms with Gasteiger partial charge in [-0.2, -0.15) is 0 Å². The summed E-state index contributed by atoms with van der Waals surface area (Å²) in [6, 6.07) is 5.71. The summed E-state index contributed by atoms with van der Waals surface area (Å²) in [7, 11) is -0.933. The molecule has 124 valence electrons. The Balaban J connectivity index is 1.73. The number of aromatic nitrogens is 2. The number of nitrogens with one attached hydrogen (secondary N) is 1. The van der Waals surface area contributed by atoms with Crippen LogP contribution in [0.15, 0.2) is 24.5 Å². The van der Waals surface area contributed by atoms with Crippen molar-refractivity contribution in [1.29, 1.82) is 0 Å². The van der Waals surface area contributed by atoms with Crippen LogP contribution >= 0.6 is 22.9 Å². The van der Waals surface area contributed by atoms with Gasteiger partial charge in [0.2, 0.25) is 0 Å². The highest BCUT2D eigenvalue weighted by Crippen LogP contribution is 2.39. The molecule has 0 radical (unpaired) electrons. The second-order valence-electron chi connectivity index (χ2n) is 5.91. The predicted octanol–water partition coefficient (Wildman–Crippen LogP) is 4.46. The lowest BCUT2D eigenvalue weighted by Gasteiger charge is -2.10. The first-order chi connectivity index (χ1) is 11.6. The van der Waals surface area contributed by atoms with E-state index in [-0.39, 0.29) is 0 Å². The van der Waals surface area contributed by atoms with Crippen LogP contribution in [0.1, 0.15) is 22.4 Å². The number of fused-ring (bicyclic) bond motifs is 3.